The highest BCUT2D eigenvalue weighted by Gasteiger charge is 2.31. The molecule has 1 aliphatic carbocycles. The average molecular weight is 261 g/mol. The van der Waals surface area contributed by atoms with Crippen LogP contribution in [0.4, 0.5) is 0 Å². The number of primary amides is 1. The number of hydrogen-bond donors (Lipinski definition) is 3. The lowest BCUT2D eigenvalue weighted by atomic mass is 9.80. The van der Waals surface area contributed by atoms with Crippen LogP contribution < -0.4 is 16.8 Å². The van der Waals surface area contributed by atoms with Gasteiger partial charge in [-0.3, -0.25) is 9.59 Å². The van der Waals surface area contributed by atoms with Crippen molar-refractivity contribution in [1.82, 2.24) is 5.32 Å². The first kappa shape index (κ1) is 13.5. The van der Waals surface area contributed by atoms with Crippen LogP contribution in [0.2, 0.25) is 0 Å². The molecule has 102 valence electrons. The second-order valence-electron chi connectivity index (χ2n) is 5.03. The molecule has 0 saturated heterocycles. The number of nitrogens with one attached hydrogen (secondary N) is 1. The summed E-state index contributed by atoms with van der Waals surface area (Å²) in [6.07, 6.45) is 2.25. The highest BCUT2D eigenvalue weighted by molar-refractivity contribution is 5.92. The molecule has 2 rings (SSSR count). The summed E-state index contributed by atoms with van der Waals surface area (Å²) in [4.78, 5) is 22.7. The molecule has 1 saturated carbocycles. The molecular formula is C14H19N3O2. The molecule has 1 aliphatic rings. The first-order valence-electron chi connectivity index (χ1n) is 6.48. The van der Waals surface area contributed by atoms with Crippen LogP contribution in [0, 0.1) is 5.92 Å². The molecule has 5 nitrogen and oxygen atoms in total. The van der Waals surface area contributed by atoms with Crippen LogP contribution in [0.25, 0.3) is 0 Å². The van der Waals surface area contributed by atoms with E-state index < -0.39 is 5.91 Å². The van der Waals surface area contributed by atoms with Crippen molar-refractivity contribution < 1.29 is 9.59 Å². The van der Waals surface area contributed by atoms with Crippen LogP contribution in [0.15, 0.2) is 24.3 Å². The monoisotopic (exact) mass is 261 g/mol. The van der Waals surface area contributed by atoms with Gasteiger partial charge in [0.05, 0.1) is 0 Å². The fourth-order valence-electron chi connectivity index (χ4n) is 2.23. The molecule has 5 heteroatoms. The number of carbonyl (C=O) groups excluding carboxylic acids is 2. The number of hydrogen-bond acceptors (Lipinski definition) is 3. The largest absolute Gasteiger partial charge is 0.366 e. The molecule has 0 aromatic heterocycles. The standard InChI is InChI=1S/C14H19N3O2/c15-12-7-11(8-12)14(19)17-5-4-9-2-1-3-10(6-9)13(16)18/h1-3,6,11-12H,4-5,7-8,15H2,(H2,16,18)(H,17,19). The van der Waals surface area contributed by atoms with Crippen molar-refractivity contribution in [3.8, 4) is 0 Å². The van der Waals surface area contributed by atoms with Gasteiger partial charge in [-0.2, -0.15) is 0 Å². The third kappa shape index (κ3) is 3.54. The van der Waals surface area contributed by atoms with Crippen molar-refractivity contribution in [2.45, 2.75) is 25.3 Å². The summed E-state index contributed by atoms with van der Waals surface area (Å²) in [6.45, 7) is 0.562. The van der Waals surface area contributed by atoms with Gasteiger partial charge in [0, 0.05) is 24.1 Å². The maximum absolute atomic E-state index is 11.7. The molecule has 19 heavy (non-hydrogen) atoms. The summed E-state index contributed by atoms with van der Waals surface area (Å²) in [7, 11) is 0. The van der Waals surface area contributed by atoms with Crippen molar-refractivity contribution in [3.63, 3.8) is 0 Å². The third-order valence-corrected chi connectivity index (χ3v) is 3.47. The van der Waals surface area contributed by atoms with E-state index in [0.29, 0.717) is 18.5 Å². The Kier molecular flexibility index (Phi) is 4.16. The van der Waals surface area contributed by atoms with Gasteiger partial charge in [-0.15, -0.1) is 0 Å². The molecule has 1 fully saturated rings. The molecule has 0 heterocycles. The van der Waals surface area contributed by atoms with Crippen LogP contribution >= 0.6 is 0 Å². The average Bonchev–Trinajstić information content (AvgIpc) is 2.35. The van der Waals surface area contributed by atoms with Crippen molar-refractivity contribution in [3.05, 3.63) is 35.4 Å². The van der Waals surface area contributed by atoms with E-state index in [1.165, 1.54) is 0 Å². The molecule has 0 aliphatic heterocycles. The smallest absolute Gasteiger partial charge is 0.248 e. The van der Waals surface area contributed by atoms with Crippen molar-refractivity contribution in [2.24, 2.45) is 17.4 Å². The highest BCUT2D eigenvalue weighted by Crippen LogP contribution is 2.25. The summed E-state index contributed by atoms with van der Waals surface area (Å²) in [5, 5.41) is 2.89. The first-order valence-corrected chi connectivity index (χ1v) is 6.48. The molecule has 5 N–H and O–H groups in total. The van der Waals surface area contributed by atoms with E-state index in [-0.39, 0.29) is 17.9 Å². The normalized spacial score (nSPS) is 21.5. The van der Waals surface area contributed by atoms with E-state index >= 15 is 0 Å². The number of rotatable bonds is 5. The van der Waals surface area contributed by atoms with Gasteiger partial charge in [0.1, 0.15) is 0 Å². The Morgan fingerprint density at radius 2 is 2.05 bits per heavy atom. The Morgan fingerprint density at radius 3 is 2.68 bits per heavy atom. The van der Waals surface area contributed by atoms with E-state index in [1.54, 1.807) is 18.2 Å². The third-order valence-electron chi connectivity index (χ3n) is 3.47. The zero-order valence-corrected chi connectivity index (χ0v) is 10.8. The van der Waals surface area contributed by atoms with Crippen molar-refractivity contribution >= 4 is 11.8 Å². The van der Waals surface area contributed by atoms with Gasteiger partial charge in [-0.05, 0) is 37.0 Å². The lowest BCUT2D eigenvalue weighted by Gasteiger charge is -2.31. The van der Waals surface area contributed by atoms with Crippen LogP contribution in [-0.4, -0.2) is 24.4 Å². The zero-order valence-electron chi connectivity index (χ0n) is 10.8. The quantitative estimate of drug-likeness (QED) is 0.705. The van der Waals surface area contributed by atoms with E-state index in [4.69, 9.17) is 11.5 Å². The maximum atomic E-state index is 11.7. The van der Waals surface area contributed by atoms with Gasteiger partial charge in [0.15, 0.2) is 0 Å². The van der Waals surface area contributed by atoms with E-state index in [9.17, 15) is 9.59 Å². The topological polar surface area (TPSA) is 98.2 Å². The maximum Gasteiger partial charge on any atom is 0.248 e. The predicted octanol–water partition coefficient (Wildman–Crippen LogP) is 0.181. The molecule has 1 aromatic rings. The molecule has 0 atom stereocenters. The lowest BCUT2D eigenvalue weighted by molar-refractivity contribution is -0.127. The van der Waals surface area contributed by atoms with Crippen LogP contribution in [0.3, 0.4) is 0 Å². The summed E-state index contributed by atoms with van der Waals surface area (Å²) < 4.78 is 0. The summed E-state index contributed by atoms with van der Waals surface area (Å²) >= 11 is 0. The van der Waals surface area contributed by atoms with Crippen molar-refractivity contribution in [1.29, 1.82) is 0 Å². The first-order chi connectivity index (χ1) is 9.06. The molecule has 0 radical (unpaired) electrons. The Hall–Kier alpha value is -1.88. The number of amides is 2. The minimum atomic E-state index is -0.436. The Labute approximate surface area is 112 Å². The van der Waals surface area contributed by atoms with E-state index in [2.05, 4.69) is 5.32 Å². The number of nitrogens with two attached hydrogens (primary N) is 2. The van der Waals surface area contributed by atoms with E-state index in [0.717, 1.165) is 18.4 Å². The fraction of sp³-hybridized carbons (Fsp3) is 0.429. The molecular weight excluding hydrogens is 242 g/mol. The van der Waals surface area contributed by atoms with Gasteiger partial charge in [0.25, 0.3) is 0 Å². The molecule has 0 bridgehead atoms. The zero-order chi connectivity index (χ0) is 13.8. The summed E-state index contributed by atoms with van der Waals surface area (Å²) in [6, 6.07) is 7.33. The second-order valence-corrected chi connectivity index (χ2v) is 5.03. The summed E-state index contributed by atoms with van der Waals surface area (Å²) in [5.74, 6) is -0.283. The molecule has 0 unspecified atom stereocenters. The van der Waals surface area contributed by atoms with Gasteiger partial charge in [-0.1, -0.05) is 12.1 Å². The molecule has 1 aromatic carbocycles. The van der Waals surface area contributed by atoms with Crippen LogP contribution in [0.5, 0.6) is 0 Å². The minimum Gasteiger partial charge on any atom is -0.366 e. The van der Waals surface area contributed by atoms with Crippen molar-refractivity contribution in [2.75, 3.05) is 6.54 Å². The number of benzene rings is 1. The Morgan fingerprint density at radius 1 is 1.32 bits per heavy atom. The van der Waals surface area contributed by atoms with Crippen LogP contribution in [0.1, 0.15) is 28.8 Å². The minimum absolute atomic E-state index is 0.0759. The fourth-order valence-corrected chi connectivity index (χ4v) is 2.23. The molecule has 2 amide bonds. The number of carbonyl (C=O) groups is 2. The second kappa shape index (κ2) is 5.84. The highest BCUT2D eigenvalue weighted by atomic mass is 16.2. The Bertz CT molecular complexity index is 481. The van der Waals surface area contributed by atoms with Gasteiger partial charge in [0.2, 0.25) is 11.8 Å². The van der Waals surface area contributed by atoms with Gasteiger partial charge >= 0.3 is 0 Å². The lowest BCUT2D eigenvalue weighted by Crippen LogP contribution is -2.45. The molecule has 0 spiro atoms. The van der Waals surface area contributed by atoms with Crippen LogP contribution in [-0.2, 0) is 11.2 Å². The SMILES string of the molecule is NC(=O)c1cccc(CCNC(=O)C2CC(N)C2)c1. The van der Waals surface area contributed by atoms with Gasteiger partial charge < -0.3 is 16.8 Å². The Balaban J connectivity index is 1.78. The summed E-state index contributed by atoms with van der Waals surface area (Å²) in [5.41, 5.74) is 12.3. The van der Waals surface area contributed by atoms with E-state index in [1.807, 2.05) is 6.07 Å². The predicted molar refractivity (Wildman–Crippen MR) is 72.4 cm³/mol. The van der Waals surface area contributed by atoms with Gasteiger partial charge in [-0.25, -0.2) is 0 Å².